The maximum atomic E-state index is 4.47. The van der Waals surface area contributed by atoms with Crippen LogP contribution in [0, 0.1) is 0 Å². The molecule has 1 aromatic rings. The topological polar surface area (TPSA) is 28.2 Å². The van der Waals surface area contributed by atoms with Crippen molar-refractivity contribution in [2.45, 2.75) is 64.6 Å². The van der Waals surface area contributed by atoms with E-state index in [1.54, 1.807) is 11.3 Å². The van der Waals surface area contributed by atoms with Gasteiger partial charge in [0, 0.05) is 23.7 Å². The molecule has 1 N–H and O–H groups in total. The summed E-state index contributed by atoms with van der Waals surface area (Å²) >= 11 is 1.77. The van der Waals surface area contributed by atoms with Crippen LogP contribution < -0.4 is 5.32 Å². The van der Waals surface area contributed by atoms with Crippen molar-refractivity contribution in [3.8, 4) is 0 Å². The van der Waals surface area contributed by atoms with Crippen molar-refractivity contribution in [1.82, 2.24) is 15.2 Å². The molecule has 1 aromatic heterocycles. The maximum absolute atomic E-state index is 4.47. The Morgan fingerprint density at radius 3 is 2.89 bits per heavy atom. The minimum absolute atomic E-state index is 0.440. The standard InChI is InChI=1S/C15H27N3S/c1-4-14(15-16-8-11-19-15)17-13-6-5-9-18(10-7-13)12(2)3/h8,11-14,17H,4-7,9-10H2,1-3H3. The Labute approximate surface area is 121 Å². The number of nitrogens with zero attached hydrogens (tertiary/aromatic N) is 2. The number of rotatable bonds is 5. The Hall–Kier alpha value is -0.450. The summed E-state index contributed by atoms with van der Waals surface area (Å²) in [7, 11) is 0. The number of nitrogens with one attached hydrogen (secondary N) is 1. The molecule has 1 aliphatic heterocycles. The van der Waals surface area contributed by atoms with Gasteiger partial charge in [-0.15, -0.1) is 11.3 Å². The Kier molecular flexibility index (Phi) is 5.79. The normalized spacial score (nSPS) is 23.5. The first-order valence-electron chi connectivity index (χ1n) is 7.60. The molecule has 19 heavy (non-hydrogen) atoms. The van der Waals surface area contributed by atoms with Crippen molar-refractivity contribution >= 4 is 11.3 Å². The average Bonchev–Trinajstić information content (AvgIpc) is 2.82. The monoisotopic (exact) mass is 281 g/mol. The van der Waals surface area contributed by atoms with E-state index in [1.165, 1.54) is 37.4 Å². The van der Waals surface area contributed by atoms with E-state index in [-0.39, 0.29) is 0 Å². The summed E-state index contributed by atoms with van der Waals surface area (Å²) in [5, 5.41) is 7.15. The van der Waals surface area contributed by atoms with Crippen LogP contribution in [0.3, 0.4) is 0 Å². The number of likely N-dealkylation sites (tertiary alicyclic amines) is 1. The van der Waals surface area contributed by atoms with Gasteiger partial charge in [0.1, 0.15) is 5.01 Å². The molecule has 3 nitrogen and oxygen atoms in total. The third kappa shape index (κ3) is 4.26. The predicted octanol–water partition coefficient (Wildman–Crippen LogP) is 3.45. The van der Waals surface area contributed by atoms with Gasteiger partial charge in [0.25, 0.3) is 0 Å². The summed E-state index contributed by atoms with van der Waals surface area (Å²) in [5.74, 6) is 0. The van der Waals surface area contributed by atoms with Crippen molar-refractivity contribution in [3.05, 3.63) is 16.6 Å². The molecule has 1 fully saturated rings. The SMILES string of the molecule is CCC(NC1CCCN(C(C)C)CC1)c1nccs1. The molecule has 0 amide bonds. The van der Waals surface area contributed by atoms with Crippen LogP contribution in [0.2, 0.25) is 0 Å². The van der Waals surface area contributed by atoms with Crippen molar-refractivity contribution in [1.29, 1.82) is 0 Å². The summed E-state index contributed by atoms with van der Waals surface area (Å²) in [6, 6.07) is 1.77. The van der Waals surface area contributed by atoms with Crippen LogP contribution in [-0.4, -0.2) is 35.1 Å². The number of aromatic nitrogens is 1. The largest absolute Gasteiger partial charge is 0.305 e. The molecule has 2 rings (SSSR count). The van der Waals surface area contributed by atoms with Gasteiger partial charge in [-0.3, -0.25) is 0 Å². The maximum Gasteiger partial charge on any atom is 0.109 e. The molecular weight excluding hydrogens is 254 g/mol. The first-order chi connectivity index (χ1) is 9.20. The van der Waals surface area contributed by atoms with Gasteiger partial charge in [-0.1, -0.05) is 6.92 Å². The van der Waals surface area contributed by atoms with Crippen molar-refractivity contribution < 1.29 is 0 Å². The molecule has 0 aromatic carbocycles. The lowest BCUT2D eigenvalue weighted by atomic mass is 10.1. The molecule has 2 heterocycles. The van der Waals surface area contributed by atoms with Crippen LogP contribution in [0.5, 0.6) is 0 Å². The van der Waals surface area contributed by atoms with Crippen LogP contribution in [-0.2, 0) is 0 Å². The van der Waals surface area contributed by atoms with Crippen LogP contribution in [0.25, 0.3) is 0 Å². The van der Waals surface area contributed by atoms with Crippen LogP contribution >= 0.6 is 11.3 Å². The first kappa shape index (κ1) is 14.9. The second-order valence-electron chi connectivity index (χ2n) is 5.76. The first-order valence-corrected chi connectivity index (χ1v) is 8.48. The third-order valence-electron chi connectivity index (χ3n) is 4.09. The molecule has 2 unspecified atom stereocenters. The molecule has 4 heteroatoms. The van der Waals surface area contributed by atoms with E-state index in [1.807, 2.05) is 6.20 Å². The Morgan fingerprint density at radius 2 is 2.26 bits per heavy atom. The minimum atomic E-state index is 0.440. The van der Waals surface area contributed by atoms with Gasteiger partial charge in [0.05, 0.1) is 6.04 Å². The number of thiazole rings is 1. The zero-order valence-corrected chi connectivity index (χ0v) is 13.2. The lowest BCUT2D eigenvalue weighted by Gasteiger charge is -2.25. The van der Waals surface area contributed by atoms with E-state index in [2.05, 4.69) is 41.4 Å². The lowest BCUT2D eigenvalue weighted by Crippen LogP contribution is -2.35. The number of hydrogen-bond acceptors (Lipinski definition) is 4. The molecule has 0 aliphatic carbocycles. The van der Waals surface area contributed by atoms with Crippen LogP contribution in [0.1, 0.15) is 57.5 Å². The lowest BCUT2D eigenvalue weighted by molar-refractivity contribution is 0.228. The van der Waals surface area contributed by atoms with Gasteiger partial charge in [-0.05, 0) is 52.6 Å². The molecule has 0 spiro atoms. The van der Waals surface area contributed by atoms with Crippen molar-refractivity contribution in [2.24, 2.45) is 0 Å². The highest BCUT2D eigenvalue weighted by Gasteiger charge is 2.21. The molecule has 1 saturated heterocycles. The van der Waals surface area contributed by atoms with Crippen LogP contribution in [0.4, 0.5) is 0 Å². The van der Waals surface area contributed by atoms with Gasteiger partial charge >= 0.3 is 0 Å². The van der Waals surface area contributed by atoms with Crippen LogP contribution in [0.15, 0.2) is 11.6 Å². The quantitative estimate of drug-likeness (QED) is 0.896. The highest BCUT2D eigenvalue weighted by molar-refractivity contribution is 7.09. The molecule has 0 bridgehead atoms. The van der Waals surface area contributed by atoms with E-state index in [0.717, 1.165) is 6.42 Å². The molecule has 108 valence electrons. The van der Waals surface area contributed by atoms with Gasteiger partial charge < -0.3 is 10.2 Å². The fraction of sp³-hybridized carbons (Fsp3) is 0.800. The van der Waals surface area contributed by atoms with Crippen molar-refractivity contribution in [2.75, 3.05) is 13.1 Å². The Bertz CT molecular complexity index is 350. The van der Waals surface area contributed by atoms with Gasteiger partial charge in [-0.25, -0.2) is 4.98 Å². The highest BCUT2D eigenvalue weighted by atomic mass is 32.1. The second kappa shape index (κ2) is 7.36. The van der Waals surface area contributed by atoms with E-state index < -0.39 is 0 Å². The minimum Gasteiger partial charge on any atom is -0.305 e. The van der Waals surface area contributed by atoms with E-state index in [4.69, 9.17) is 0 Å². The zero-order chi connectivity index (χ0) is 13.7. The Balaban J connectivity index is 1.88. The molecule has 1 aliphatic rings. The summed E-state index contributed by atoms with van der Waals surface area (Å²) in [6.45, 7) is 9.33. The molecule has 0 saturated carbocycles. The van der Waals surface area contributed by atoms with E-state index in [0.29, 0.717) is 18.1 Å². The summed E-state index contributed by atoms with van der Waals surface area (Å²) in [4.78, 5) is 7.07. The number of hydrogen-bond donors (Lipinski definition) is 1. The molecule has 2 atom stereocenters. The zero-order valence-electron chi connectivity index (χ0n) is 12.4. The van der Waals surface area contributed by atoms with E-state index in [9.17, 15) is 0 Å². The third-order valence-corrected chi connectivity index (χ3v) is 4.98. The average molecular weight is 281 g/mol. The molecular formula is C15H27N3S. The summed E-state index contributed by atoms with van der Waals surface area (Å²) in [5.41, 5.74) is 0. The van der Waals surface area contributed by atoms with Gasteiger partial charge in [-0.2, -0.15) is 0 Å². The summed E-state index contributed by atoms with van der Waals surface area (Å²) < 4.78 is 0. The fourth-order valence-electron chi connectivity index (χ4n) is 2.86. The summed E-state index contributed by atoms with van der Waals surface area (Å²) in [6.07, 6.45) is 6.91. The smallest absolute Gasteiger partial charge is 0.109 e. The van der Waals surface area contributed by atoms with Gasteiger partial charge in [0.15, 0.2) is 0 Å². The molecule has 0 radical (unpaired) electrons. The van der Waals surface area contributed by atoms with Crippen molar-refractivity contribution in [3.63, 3.8) is 0 Å². The van der Waals surface area contributed by atoms with Gasteiger partial charge in [0.2, 0.25) is 0 Å². The fourth-order valence-corrected chi connectivity index (χ4v) is 3.64. The Morgan fingerprint density at radius 1 is 1.42 bits per heavy atom. The highest BCUT2D eigenvalue weighted by Crippen LogP contribution is 2.22. The van der Waals surface area contributed by atoms with E-state index >= 15 is 0 Å². The predicted molar refractivity (Wildman–Crippen MR) is 82.6 cm³/mol. The second-order valence-corrected chi connectivity index (χ2v) is 6.68.